The molecule has 0 aliphatic heterocycles. The molecule has 2 aromatic rings. The third-order valence-corrected chi connectivity index (χ3v) is 5.04. The second-order valence-corrected chi connectivity index (χ2v) is 6.51. The lowest BCUT2D eigenvalue weighted by atomic mass is 9.99. The molecule has 0 amide bonds. The Morgan fingerprint density at radius 2 is 1.95 bits per heavy atom. The Labute approximate surface area is 132 Å². The van der Waals surface area contributed by atoms with Crippen molar-refractivity contribution in [3.05, 3.63) is 69.0 Å². The van der Waals surface area contributed by atoms with Crippen molar-refractivity contribution in [2.45, 2.75) is 18.4 Å². The molecule has 1 aliphatic carbocycles. The summed E-state index contributed by atoms with van der Waals surface area (Å²) in [5.74, 6) is 1.05. The van der Waals surface area contributed by atoms with Crippen LogP contribution in [0.3, 0.4) is 0 Å². The highest BCUT2D eigenvalue weighted by atomic mass is 127. The quantitative estimate of drug-likeness (QED) is 0.770. The van der Waals surface area contributed by atoms with Gasteiger partial charge in [0, 0.05) is 9.61 Å². The molecule has 3 unspecified atom stereocenters. The van der Waals surface area contributed by atoms with E-state index in [1.807, 2.05) is 13.1 Å². The van der Waals surface area contributed by atoms with E-state index in [9.17, 15) is 4.39 Å². The average molecular weight is 381 g/mol. The van der Waals surface area contributed by atoms with Crippen LogP contribution in [0.2, 0.25) is 0 Å². The van der Waals surface area contributed by atoms with E-state index in [1.165, 1.54) is 17.5 Å². The SMILES string of the molecule is CNC(c1ccc(F)cc1I)C1CC1c1ccccc1. The minimum absolute atomic E-state index is 0.164. The first-order valence-electron chi connectivity index (χ1n) is 6.88. The predicted octanol–water partition coefficient (Wildman–Crippen LogP) is 4.49. The van der Waals surface area contributed by atoms with Crippen LogP contribution in [-0.2, 0) is 0 Å². The molecule has 3 heteroatoms. The summed E-state index contributed by atoms with van der Waals surface area (Å²) in [5.41, 5.74) is 2.62. The van der Waals surface area contributed by atoms with Crippen LogP contribution in [0.25, 0.3) is 0 Å². The summed E-state index contributed by atoms with van der Waals surface area (Å²) >= 11 is 2.23. The van der Waals surface area contributed by atoms with Crippen molar-refractivity contribution in [1.82, 2.24) is 5.32 Å². The van der Waals surface area contributed by atoms with Crippen molar-refractivity contribution in [1.29, 1.82) is 0 Å². The lowest BCUT2D eigenvalue weighted by molar-refractivity contribution is 0.514. The lowest BCUT2D eigenvalue weighted by Crippen LogP contribution is -2.20. The maximum absolute atomic E-state index is 13.2. The van der Waals surface area contributed by atoms with Gasteiger partial charge in [-0.2, -0.15) is 0 Å². The van der Waals surface area contributed by atoms with Gasteiger partial charge in [-0.05, 0) is 71.2 Å². The molecule has 0 bridgehead atoms. The molecule has 20 heavy (non-hydrogen) atoms. The Morgan fingerprint density at radius 1 is 1.20 bits per heavy atom. The van der Waals surface area contributed by atoms with E-state index in [4.69, 9.17) is 0 Å². The van der Waals surface area contributed by atoms with E-state index in [0.717, 1.165) is 3.57 Å². The smallest absolute Gasteiger partial charge is 0.124 e. The first kappa shape index (κ1) is 14.0. The molecule has 1 saturated carbocycles. The summed E-state index contributed by atoms with van der Waals surface area (Å²) in [7, 11) is 1.99. The Balaban J connectivity index is 1.82. The molecule has 0 spiro atoms. The van der Waals surface area contributed by atoms with Crippen LogP contribution >= 0.6 is 22.6 Å². The van der Waals surface area contributed by atoms with Gasteiger partial charge in [-0.15, -0.1) is 0 Å². The zero-order valence-electron chi connectivity index (χ0n) is 11.3. The summed E-state index contributed by atoms with van der Waals surface area (Å²) in [5, 5.41) is 3.41. The first-order valence-corrected chi connectivity index (χ1v) is 7.95. The fraction of sp³-hybridized carbons (Fsp3) is 0.294. The first-order chi connectivity index (χ1) is 9.70. The lowest BCUT2D eigenvalue weighted by Gasteiger charge is -2.18. The number of benzene rings is 2. The van der Waals surface area contributed by atoms with Gasteiger partial charge in [0.2, 0.25) is 0 Å². The third-order valence-electron chi connectivity index (χ3n) is 4.10. The van der Waals surface area contributed by atoms with Crippen LogP contribution in [0.1, 0.15) is 29.5 Å². The summed E-state index contributed by atoms with van der Waals surface area (Å²) in [6.07, 6.45) is 1.20. The van der Waals surface area contributed by atoms with Gasteiger partial charge in [0.1, 0.15) is 5.82 Å². The van der Waals surface area contributed by atoms with Gasteiger partial charge < -0.3 is 5.32 Å². The highest BCUT2D eigenvalue weighted by Crippen LogP contribution is 2.54. The maximum Gasteiger partial charge on any atom is 0.124 e. The number of nitrogens with one attached hydrogen (secondary N) is 1. The Hall–Kier alpha value is -0.940. The maximum atomic E-state index is 13.2. The molecule has 2 aromatic carbocycles. The number of rotatable bonds is 4. The second kappa shape index (κ2) is 5.82. The molecule has 3 atom stereocenters. The topological polar surface area (TPSA) is 12.0 Å². The molecule has 1 fully saturated rings. The molecule has 1 N–H and O–H groups in total. The van der Waals surface area contributed by atoms with Crippen molar-refractivity contribution >= 4 is 22.6 Å². The summed E-state index contributed by atoms with van der Waals surface area (Å²) in [4.78, 5) is 0. The van der Waals surface area contributed by atoms with Crippen molar-refractivity contribution < 1.29 is 4.39 Å². The van der Waals surface area contributed by atoms with Crippen LogP contribution in [0.4, 0.5) is 4.39 Å². The van der Waals surface area contributed by atoms with Crippen LogP contribution in [0, 0.1) is 15.3 Å². The Bertz CT molecular complexity index is 599. The van der Waals surface area contributed by atoms with E-state index >= 15 is 0 Å². The van der Waals surface area contributed by atoms with E-state index in [2.05, 4.69) is 58.2 Å². The zero-order chi connectivity index (χ0) is 14.1. The van der Waals surface area contributed by atoms with Crippen LogP contribution in [-0.4, -0.2) is 7.05 Å². The minimum atomic E-state index is -0.164. The van der Waals surface area contributed by atoms with Crippen LogP contribution in [0.15, 0.2) is 48.5 Å². The fourth-order valence-corrected chi connectivity index (χ4v) is 3.83. The molecule has 0 heterocycles. The minimum Gasteiger partial charge on any atom is -0.313 e. The van der Waals surface area contributed by atoms with E-state index in [1.54, 1.807) is 12.1 Å². The number of hydrogen-bond acceptors (Lipinski definition) is 1. The van der Waals surface area contributed by atoms with Crippen LogP contribution in [0.5, 0.6) is 0 Å². The molecule has 1 aliphatic rings. The zero-order valence-corrected chi connectivity index (χ0v) is 13.5. The van der Waals surface area contributed by atoms with Gasteiger partial charge in [-0.25, -0.2) is 4.39 Å². The van der Waals surface area contributed by atoms with Crippen LogP contribution < -0.4 is 5.32 Å². The van der Waals surface area contributed by atoms with Gasteiger partial charge in [0.15, 0.2) is 0 Å². The average Bonchev–Trinajstić information content (AvgIpc) is 3.23. The molecule has 0 aromatic heterocycles. The fourth-order valence-electron chi connectivity index (χ4n) is 3.02. The number of halogens is 2. The van der Waals surface area contributed by atoms with Crippen molar-refractivity contribution in [2.75, 3.05) is 7.05 Å². The molecule has 0 saturated heterocycles. The molecule has 3 rings (SSSR count). The Morgan fingerprint density at radius 3 is 2.60 bits per heavy atom. The Kier molecular flexibility index (Phi) is 4.08. The standard InChI is InChI=1S/C17H17FIN/c1-20-17(13-8-7-12(18)9-16(13)19)15-10-14(15)11-5-3-2-4-6-11/h2-9,14-15,17,20H,10H2,1H3. The van der Waals surface area contributed by atoms with E-state index in [0.29, 0.717) is 17.9 Å². The van der Waals surface area contributed by atoms with Crippen molar-refractivity contribution in [3.63, 3.8) is 0 Å². The van der Waals surface area contributed by atoms with E-state index < -0.39 is 0 Å². The molecule has 1 nitrogen and oxygen atoms in total. The molecular weight excluding hydrogens is 364 g/mol. The predicted molar refractivity (Wildman–Crippen MR) is 88.2 cm³/mol. The van der Waals surface area contributed by atoms with Gasteiger partial charge >= 0.3 is 0 Å². The molecular formula is C17H17FIN. The highest BCUT2D eigenvalue weighted by molar-refractivity contribution is 14.1. The van der Waals surface area contributed by atoms with Crippen molar-refractivity contribution in [2.24, 2.45) is 5.92 Å². The second-order valence-electron chi connectivity index (χ2n) is 5.35. The van der Waals surface area contributed by atoms with Gasteiger partial charge in [-0.3, -0.25) is 0 Å². The summed E-state index contributed by atoms with van der Waals surface area (Å²) in [6, 6.07) is 16.0. The van der Waals surface area contributed by atoms with E-state index in [-0.39, 0.29) is 5.82 Å². The summed E-state index contributed by atoms with van der Waals surface area (Å²) in [6.45, 7) is 0. The monoisotopic (exact) mass is 381 g/mol. The summed E-state index contributed by atoms with van der Waals surface area (Å²) < 4.78 is 14.2. The van der Waals surface area contributed by atoms with Gasteiger partial charge in [0.25, 0.3) is 0 Å². The van der Waals surface area contributed by atoms with Gasteiger partial charge in [-0.1, -0.05) is 36.4 Å². The highest BCUT2D eigenvalue weighted by Gasteiger charge is 2.44. The third kappa shape index (κ3) is 2.74. The largest absolute Gasteiger partial charge is 0.313 e. The molecule has 0 radical (unpaired) electrons. The van der Waals surface area contributed by atoms with Crippen molar-refractivity contribution in [3.8, 4) is 0 Å². The number of hydrogen-bond donors (Lipinski definition) is 1. The van der Waals surface area contributed by atoms with Gasteiger partial charge in [0.05, 0.1) is 0 Å². The normalized spacial score (nSPS) is 22.6. The molecule has 104 valence electrons.